The summed E-state index contributed by atoms with van der Waals surface area (Å²) in [5, 5.41) is 10.1. The minimum absolute atomic E-state index is 0.0376. The SMILES string of the molecule is COc1ccc2sc(C(=O)N3CCC[C@H](N(C)CC(=O)O)CC3)c(C)c2c1. The number of likely N-dealkylation sites (tertiary alicyclic amines) is 1. The Morgan fingerprint density at radius 2 is 2.11 bits per heavy atom. The lowest BCUT2D eigenvalue weighted by Crippen LogP contribution is -2.37. The molecular formula is C20H26N2O4S. The van der Waals surface area contributed by atoms with E-state index in [9.17, 15) is 9.59 Å². The maximum Gasteiger partial charge on any atom is 0.317 e. The summed E-state index contributed by atoms with van der Waals surface area (Å²) in [4.78, 5) is 28.7. The molecule has 27 heavy (non-hydrogen) atoms. The maximum absolute atomic E-state index is 13.1. The fourth-order valence-electron chi connectivity index (χ4n) is 3.74. The molecule has 1 N–H and O–H groups in total. The molecule has 1 aromatic carbocycles. The topological polar surface area (TPSA) is 70.1 Å². The van der Waals surface area contributed by atoms with E-state index in [-0.39, 0.29) is 18.5 Å². The van der Waals surface area contributed by atoms with Gasteiger partial charge in [0.05, 0.1) is 18.5 Å². The predicted octanol–water partition coefficient (Wildman–Crippen LogP) is 3.23. The van der Waals surface area contributed by atoms with Gasteiger partial charge in [0, 0.05) is 23.8 Å². The highest BCUT2D eigenvalue weighted by Crippen LogP contribution is 2.34. The summed E-state index contributed by atoms with van der Waals surface area (Å²) < 4.78 is 6.39. The first-order chi connectivity index (χ1) is 12.9. The third-order valence-electron chi connectivity index (χ3n) is 5.33. The van der Waals surface area contributed by atoms with Crippen LogP contribution in [0, 0.1) is 6.92 Å². The molecule has 0 aliphatic carbocycles. The Balaban J connectivity index is 1.75. The molecule has 146 valence electrons. The number of aliphatic carboxylic acids is 1. The van der Waals surface area contributed by atoms with E-state index in [0.29, 0.717) is 13.1 Å². The molecule has 1 aliphatic heterocycles. The number of carboxylic acid groups (broad SMARTS) is 1. The lowest BCUT2D eigenvalue weighted by Gasteiger charge is -2.25. The maximum atomic E-state index is 13.1. The number of hydrogen-bond acceptors (Lipinski definition) is 5. The van der Waals surface area contributed by atoms with Crippen molar-refractivity contribution in [3.05, 3.63) is 28.6 Å². The predicted molar refractivity (Wildman–Crippen MR) is 107 cm³/mol. The second-order valence-corrected chi connectivity index (χ2v) is 8.16. The number of carboxylic acids is 1. The lowest BCUT2D eigenvalue weighted by atomic mass is 10.1. The molecular weight excluding hydrogens is 364 g/mol. The summed E-state index contributed by atoms with van der Waals surface area (Å²) in [6.45, 7) is 3.40. The van der Waals surface area contributed by atoms with E-state index in [1.54, 1.807) is 7.11 Å². The minimum Gasteiger partial charge on any atom is -0.497 e. The molecule has 0 spiro atoms. The first kappa shape index (κ1) is 19.6. The van der Waals surface area contributed by atoms with Gasteiger partial charge in [-0.25, -0.2) is 0 Å². The number of likely N-dealkylation sites (N-methyl/N-ethyl adjacent to an activating group) is 1. The van der Waals surface area contributed by atoms with Crippen molar-refractivity contribution in [3.8, 4) is 5.75 Å². The van der Waals surface area contributed by atoms with Crippen molar-refractivity contribution in [2.24, 2.45) is 0 Å². The smallest absolute Gasteiger partial charge is 0.317 e. The van der Waals surface area contributed by atoms with Gasteiger partial charge in [-0.05, 0) is 62.4 Å². The van der Waals surface area contributed by atoms with Gasteiger partial charge in [0.2, 0.25) is 0 Å². The zero-order chi connectivity index (χ0) is 19.6. The van der Waals surface area contributed by atoms with Gasteiger partial charge in [-0.15, -0.1) is 11.3 Å². The van der Waals surface area contributed by atoms with Gasteiger partial charge in [-0.1, -0.05) is 0 Å². The molecule has 2 heterocycles. The van der Waals surface area contributed by atoms with Gasteiger partial charge < -0.3 is 14.7 Å². The third-order valence-corrected chi connectivity index (χ3v) is 6.59. The quantitative estimate of drug-likeness (QED) is 0.849. The van der Waals surface area contributed by atoms with Crippen LogP contribution in [0.2, 0.25) is 0 Å². The standard InChI is InChI=1S/C20H26N2O4S/c1-13-16-11-15(26-3)6-7-17(16)27-19(13)20(25)22-9-4-5-14(8-10-22)21(2)12-18(23)24/h6-7,11,14H,4-5,8-10,12H2,1-3H3,(H,23,24)/t14-/m0/s1. The second kappa shape index (κ2) is 8.27. The zero-order valence-electron chi connectivity index (χ0n) is 16.0. The van der Waals surface area contributed by atoms with Crippen LogP contribution in [-0.4, -0.2) is 66.6 Å². The number of ether oxygens (including phenoxy) is 1. The zero-order valence-corrected chi connectivity index (χ0v) is 16.8. The summed E-state index contributed by atoms with van der Waals surface area (Å²) in [6, 6.07) is 6.10. The van der Waals surface area contributed by atoms with Crippen molar-refractivity contribution in [1.29, 1.82) is 0 Å². The average molecular weight is 391 g/mol. The van der Waals surface area contributed by atoms with Crippen LogP contribution in [-0.2, 0) is 4.79 Å². The fraction of sp³-hybridized carbons (Fsp3) is 0.500. The normalized spacial score (nSPS) is 17.9. The third kappa shape index (κ3) is 4.25. The highest BCUT2D eigenvalue weighted by molar-refractivity contribution is 7.21. The summed E-state index contributed by atoms with van der Waals surface area (Å²) in [5.41, 5.74) is 1.00. The number of amides is 1. The van der Waals surface area contributed by atoms with Crippen molar-refractivity contribution >= 4 is 33.3 Å². The summed E-state index contributed by atoms with van der Waals surface area (Å²) in [6.07, 6.45) is 2.60. The van der Waals surface area contributed by atoms with E-state index in [0.717, 1.165) is 45.5 Å². The van der Waals surface area contributed by atoms with Crippen LogP contribution >= 0.6 is 11.3 Å². The number of nitrogens with zero attached hydrogens (tertiary/aromatic N) is 2. The number of rotatable bonds is 5. The van der Waals surface area contributed by atoms with Crippen LogP contribution in [0.25, 0.3) is 10.1 Å². The number of carbonyl (C=O) groups excluding carboxylic acids is 1. The highest BCUT2D eigenvalue weighted by atomic mass is 32.1. The Morgan fingerprint density at radius 3 is 2.81 bits per heavy atom. The molecule has 7 heteroatoms. The molecule has 2 aromatic rings. The molecule has 0 saturated carbocycles. The van der Waals surface area contributed by atoms with Gasteiger partial charge in [-0.3, -0.25) is 14.5 Å². The molecule has 1 fully saturated rings. The van der Waals surface area contributed by atoms with Gasteiger partial charge in [-0.2, -0.15) is 0 Å². The van der Waals surface area contributed by atoms with Crippen molar-refractivity contribution in [1.82, 2.24) is 9.80 Å². The van der Waals surface area contributed by atoms with Crippen LogP contribution in [0.1, 0.15) is 34.5 Å². The van der Waals surface area contributed by atoms with E-state index in [1.807, 2.05) is 42.0 Å². The Bertz CT molecular complexity index is 848. The van der Waals surface area contributed by atoms with Crippen LogP contribution in [0.15, 0.2) is 18.2 Å². The van der Waals surface area contributed by atoms with Crippen LogP contribution < -0.4 is 4.74 Å². The Labute approximate surface area is 163 Å². The second-order valence-electron chi connectivity index (χ2n) is 7.10. The van der Waals surface area contributed by atoms with Crippen molar-refractivity contribution < 1.29 is 19.4 Å². The van der Waals surface area contributed by atoms with Crippen molar-refractivity contribution in [3.63, 3.8) is 0 Å². The van der Waals surface area contributed by atoms with E-state index >= 15 is 0 Å². The first-order valence-corrected chi connectivity index (χ1v) is 10.0. The largest absolute Gasteiger partial charge is 0.497 e. The number of thiophene rings is 1. The summed E-state index contributed by atoms with van der Waals surface area (Å²) >= 11 is 1.53. The molecule has 0 unspecified atom stereocenters. The van der Waals surface area contributed by atoms with Crippen LogP contribution in [0.3, 0.4) is 0 Å². The highest BCUT2D eigenvalue weighted by Gasteiger charge is 2.26. The Morgan fingerprint density at radius 1 is 1.33 bits per heavy atom. The number of benzene rings is 1. The molecule has 1 saturated heterocycles. The Kier molecular flexibility index (Phi) is 6.01. The van der Waals surface area contributed by atoms with Crippen molar-refractivity contribution in [2.45, 2.75) is 32.2 Å². The van der Waals surface area contributed by atoms with Crippen LogP contribution in [0.5, 0.6) is 5.75 Å². The molecule has 1 amide bonds. The number of aryl methyl sites for hydroxylation is 1. The van der Waals surface area contributed by atoms with Crippen LogP contribution in [0.4, 0.5) is 0 Å². The molecule has 1 atom stereocenters. The van der Waals surface area contributed by atoms with Gasteiger partial charge in [0.1, 0.15) is 5.75 Å². The first-order valence-electron chi connectivity index (χ1n) is 9.19. The van der Waals surface area contributed by atoms with Gasteiger partial charge >= 0.3 is 5.97 Å². The number of fused-ring (bicyclic) bond motifs is 1. The molecule has 0 radical (unpaired) electrons. The molecule has 1 aliphatic rings. The molecule has 3 rings (SSSR count). The summed E-state index contributed by atoms with van der Waals surface area (Å²) in [5.74, 6) is 0.0571. The minimum atomic E-state index is -0.814. The van der Waals surface area contributed by atoms with E-state index in [2.05, 4.69) is 0 Å². The summed E-state index contributed by atoms with van der Waals surface area (Å²) in [7, 11) is 3.49. The lowest BCUT2D eigenvalue weighted by molar-refractivity contribution is -0.138. The monoisotopic (exact) mass is 390 g/mol. The molecule has 6 nitrogen and oxygen atoms in total. The molecule has 1 aromatic heterocycles. The van der Waals surface area contributed by atoms with Crippen molar-refractivity contribution in [2.75, 3.05) is 33.8 Å². The van der Waals surface area contributed by atoms with E-state index in [1.165, 1.54) is 11.3 Å². The number of hydrogen-bond donors (Lipinski definition) is 1. The number of carbonyl (C=O) groups is 2. The fourth-order valence-corrected chi connectivity index (χ4v) is 4.90. The Hall–Kier alpha value is -2.12. The average Bonchev–Trinajstić information content (AvgIpc) is 2.82. The number of methoxy groups -OCH3 is 1. The van der Waals surface area contributed by atoms with E-state index in [4.69, 9.17) is 9.84 Å². The molecule has 0 bridgehead atoms. The van der Waals surface area contributed by atoms with E-state index < -0.39 is 5.97 Å². The van der Waals surface area contributed by atoms with Gasteiger partial charge in [0.15, 0.2) is 0 Å². The van der Waals surface area contributed by atoms with Gasteiger partial charge in [0.25, 0.3) is 5.91 Å².